The molecule has 0 radical (unpaired) electrons. The van der Waals surface area contributed by atoms with E-state index in [1.807, 2.05) is 0 Å². The van der Waals surface area contributed by atoms with Gasteiger partial charge in [-0.3, -0.25) is 4.79 Å². The molecule has 0 saturated heterocycles. The van der Waals surface area contributed by atoms with E-state index in [1.165, 1.54) is 0 Å². The summed E-state index contributed by atoms with van der Waals surface area (Å²) in [4.78, 5) is 11.2. The highest BCUT2D eigenvalue weighted by Gasteiger charge is 2.82. The zero-order valence-electron chi connectivity index (χ0n) is 12.3. The van der Waals surface area contributed by atoms with Crippen molar-refractivity contribution in [1.29, 1.82) is 0 Å². The minimum Gasteiger partial charge on any atom is -0.458 e. The highest BCUT2D eigenvalue weighted by molar-refractivity contribution is 5.77. The van der Waals surface area contributed by atoms with Gasteiger partial charge in [0.15, 0.2) is 12.0 Å². The average molecular weight is 402 g/mol. The molecule has 0 amide bonds. The molecule has 0 spiro atoms. The van der Waals surface area contributed by atoms with Gasteiger partial charge in [0.05, 0.1) is 0 Å². The molecular formula is C11H10F12O2. The Labute approximate surface area is 132 Å². The van der Waals surface area contributed by atoms with Crippen LogP contribution in [0.15, 0.2) is 0 Å². The van der Waals surface area contributed by atoms with Crippen LogP contribution in [-0.2, 0) is 9.53 Å². The molecule has 0 rings (SSSR count). The second-order valence-corrected chi connectivity index (χ2v) is 5.11. The van der Waals surface area contributed by atoms with Crippen molar-refractivity contribution >= 4 is 5.97 Å². The summed E-state index contributed by atoms with van der Waals surface area (Å²) in [7, 11) is 0. The number of carbonyl (C=O) groups excluding carboxylic acids is 1. The van der Waals surface area contributed by atoms with Crippen LogP contribution in [0.3, 0.4) is 0 Å². The Morgan fingerprint density at radius 3 is 1.44 bits per heavy atom. The Balaban J connectivity index is 5.51. The van der Waals surface area contributed by atoms with Crippen molar-refractivity contribution < 1.29 is 62.2 Å². The first-order valence-electron chi connectivity index (χ1n) is 6.13. The van der Waals surface area contributed by atoms with Gasteiger partial charge in [-0.2, -0.15) is 52.7 Å². The van der Waals surface area contributed by atoms with E-state index in [1.54, 1.807) is 0 Å². The molecule has 0 N–H and O–H groups in total. The average Bonchev–Trinajstić information content (AvgIpc) is 2.40. The van der Waals surface area contributed by atoms with Gasteiger partial charge in [-0.25, -0.2) is 0 Å². The normalized spacial score (nSPS) is 17.2. The first-order chi connectivity index (χ1) is 10.7. The van der Waals surface area contributed by atoms with E-state index >= 15 is 0 Å². The maximum Gasteiger partial charge on any atom is 0.460 e. The second kappa shape index (κ2) is 6.41. The first-order valence-corrected chi connectivity index (χ1v) is 6.13. The summed E-state index contributed by atoms with van der Waals surface area (Å²) < 4.78 is 154. The van der Waals surface area contributed by atoms with Crippen LogP contribution in [0.25, 0.3) is 0 Å². The molecule has 1 unspecified atom stereocenters. The standard InChI is InChI=1S/C11H10F12O2/c1-3-6(2,10(18,19)20)5(24)25-4-7(12,13)8(14,15)9(16,17)11(21,22)23/h3-4H2,1-2H3. The van der Waals surface area contributed by atoms with Gasteiger partial charge in [0.2, 0.25) is 0 Å². The fourth-order valence-corrected chi connectivity index (χ4v) is 1.27. The molecule has 0 fully saturated rings. The van der Waals surface area contributed by atoms with E-state index in [0.29, 0.717) is 0 Å². The zero-order chi connectivity index (χ0) is 20.7. The number of carbonyl (C=O) groups is 1. The lowest BCUT2D eigenvalue weighted by Crippen LogP contribution is -2.62. The molecule has 0 aliphatic heterocycles. The van der Waals surface area contributed by atoms with Gasteiger partial charge in [0, 0.05) is 0 Å². The molecule has 0 aliphatic rings. The van der Waals surface area contributed by atoms with Gasteiger partial charge in [-0.05, 0) is 13.3 Å². The summed E-state index contributed by atoms with van der Waals surface area (Å²) in [6.45, 7) is -2.22. The van der Waals surface area contributed by atoms with Gasteiger partial charge in [0.25, 0.3) is 0 Å². The van der Waals surface area contributed by atoms with Crippen LogP contribution < -0.4 is 0 Å². The number of halogens is 12. The lowest BCUT2D eigenvalue weighted by atomic mass is 9.87. The Hall–Kier alpha value is -1.37. The van der Waals surface area contributed by atoms with E-state index in [0.717, 1.165) is 6.92 Å². The smallest absolute Gasteiger partial charge is 0.458 e. The fourth-order valence-electron chi connectivity index (χ4n) is 1.27. The summed E-state index contributed by atoms with van der Waals surface area (Å²) in [5.74, 6) is -23.1. The van der Waals surface area contributed by atoms with Crippen LogP contribution >= 0.6 is 0 Å². The third kappa shape index (κ3) is 3.91. The monoisotopic (exact) mass is 402 g/mol. The van der Waals surface area contributed by atoms with Crippen LogP contribution in [0.1, 0.15) is 20.3 Å². The van der Waals surface area contributed by atoms with Crippen LogP contribution in [-0.4, -0.2) is 42.7 Å². The van der Waals surface area contributed by atoms with Crippen molar-refractivity contribution in [3.05, 3.63) is 0 Å². The molecule has 0 aromatic carbocycles. The van der Waals surface area contributed by atoms with Crippen molar-refractivity contribution in [2.75, 3.05) is 6.61 Å². The highest BCUT2D eigenvalue weighted by atomic mass is 19.4. The van der Waals surface area contributed by atoms with Gasteiger partial charge >= 0.3 is 36.1 Å². The predicted octanol–water partition coefficient (Wildman–Crippen LogP) is 4.98. The van der Waals surface area contributed by atoms with Crippen LogP contribution in [0.4, 0.5) is 52.7 Å². The van der Waals surface area contributed by atoms with Crippen LogP contribution in [0.2, 0.25) is 0 Å². The molecule has 0 bridgehead atoms. The minimum atomic E-state index is -7.23. The maximum absolute atomic E-state index is 13.1. The first kappa shape index (κ1) is 23.6. The van der Waals surface area contributed by atoms with Gasteiger partial charge in [0.1, 0.15) is 0 Å². The van der Waals surface area contributed by atoms with E-state index in [4.69, 9.17) is 0 Å². The van der Waals surface area contributed by atoms with Gasteiger partial charge < -0.3 is 4.74 Å². The number of rotatable bonds is 6. The molecular weight excluding hydrogens is 392 g/mol. The third-order valence-corrected chi connectivity index (χ3v) is 3.38. The van der Waals surface area contributed by atoms with Crippen molar-refractivity contribution in [2.45, 2.75) is 50.4 Å². The summed E-state index contributed by atoms with van der Waals surface area (Å²) in [5, 5.41) is 0. The molecule has 0 heterocycles. The van der Waals surface area contributed by atoms with Crippen molar-refractivity contribution in [2.24, 2.45) is 5.41 Å². The van der Waals surface area contributed by atoms with Gasteiger partial charge in [-0.1, -0.05) is 6.92 Å². The van der Waals surface area contributed by atoms with E-state index in [9.17, 15) is 57.5 Å². The zero-order valence-corrected chi connectivity index (χ0v) is 12.3. The van der Waals surface area contributed by atoms with Crippen molar-refractivity contribution in [3.8, 4) is 0 Å². The Kier molecular flexibility index (Phi) is 6.06. The predicted molar refractivity (Wildman–Crippen MR) is 56.3 cm³/mol. The number of hydrogen-bond acceptors (Lipinski definition) is 2. The number of ether oxygens (including phenoxy) is 1. The topological polar surface area (TPSA) is 26.3 Å². The Bertz CT molecular complexity index is 492. The molecule has 2 nitrogen and oxygen atoms in total. The minimum absolute atomic E-state index is 0.149. The quantitative estimate of drug-likeness (QED) is 0.463. The summed E-state index contributed by atoms with van der Waals surface area (Å²) >= 11 is 0. The molecule has 0 aromatic rings. The fraction of sp³-hybridized carbons (Fsp3) is 0.909. The lowest BCUT2D eigenvalue weighted by molar-refractivity contribution is -0.399. The SMILES string of the molecule is CCC(C)(C(=O)OCC(F)(F)C(F)(F)C(F)(F)C(F)(F)F)C(F)(F)F. The Morgan fingerprint density at radius 2 is 1.16 bits per heavy atom. The molecule has 0 aliphatic carbocycles. The summed E-state index contributed by atoms with van der Waals surface area (Å²) in [5.41, 5.74) is -3.45. The van der Waals surface area contributed by atoms with Crippen LogP contribution in [0.5, 0.6) is 0 Å². The van der Waals surface area contributed by atoms with E-state index in [-0.39, 0.29) is 6.92 Å². The number of hydrogen-bond donors (Lipinski definition) is 0. The third-order valence-electron chi connectivity index (χ3n) is 3.38. The molecule has 0 saturated carbocycles. The lowest BCUT2D eigenvalue weighted by Gasteiger charge is -2.34. The molecule has 14 heteroatoms. The number of alkyl halides is 12. The highest BCUT2D eigenvalue weighted by Crippen LogP contribution is 2.53. The molecule has 25 heavy (non-hydrogen) atoms. The largest absolute Gasteiger partial charge is 0.460 e. The molecule has 150 valence electrons. The molecule has 0 aromatic heterocycles. The summed E-state index contributed by atoms with van der Waals surface area (Å²) in [6.07, 6.45) is -13.6. The molecule has 1 atom stereocenters. The second-order valence-electron chi connectivity index (χ2n) is 5.11. The van der Waals surface area contributed by atoms with Crippen molar-refractivity contribution in [3.63, 3.8) is 0 Å². The van der Waals surface area contributed by atoms with Crippen molar-refractivity contribution in [1.82, 2.24) is 0 Å². The number of esters is 1. The maximum atomic E-state index is 13.1. The van der Waals surface area contributed by atoms with E-state index < -0.39 is 54.5 Å². The van der Waals surface area contributed by atoms with E-state index in [2.05, 4.69) is 4.74 Å². The Morgan fingerprint density at radius 1 is 0.760 bits per heavy atom. The summed E-state index contributed by atoms with van der Waals surface area (Å²) in [6, 6.07) is 0. The van der Waals surface area contributed by atoms with Gasteiger partial charge in [-0.15, -0.1) is 0 Å². The van der Waals surface area contributed by atoms with Crippen LogP contribution in [0, 0.1) is 5.41 Å².